The molecule has 0 aliphatic carbocycles. The Labute approximate surface area is 81.9 Å². The SMILES string of the molecule is COc1ccc2c(c1)C=CC(=O)CO2. The molecule has 1 aliphatic heterocycles. The molecule has 1 aliphatic rings. The molecule has 1 aromatic carbocycles. The zero-order chi connectivity index (χ0) is 9.97. The molecule has 2 rings (SSSR count). The number of ether oxygens (including phenoxy) is 2. The van der Waals surface area contributed by atoms with Crippen molar-refractivity contribution < 1.29 is 14.3 Å². The molecule has 72 valence electrons. The maximum absolute atomic E-state index is 11.1. The summed E-state index contributed by atoms with van der Waals surface area (Å²) in [4.78, 5) is 11.1. The van der Waals surface area contributed by atoms with Crippen LogP contribution in [0.15, 0.2) is 24.3 Å². The molecule has 3 heteroatoms. The van der Waals surface area contributed by atoms with Gasteiger partial charge in [-0.25, -0.2) is 0 Å². The van der Waals surface area contributed by atoms with Gasteiger partial charge in [0.1, 0.15) is 11.5 Å². The smallest absolute Gasteiger partial charge is 0.193 e. The highest BCUT2D eigenvalue weighted by Gasteiger charge is 2.09. The number of ketones is 1. The zero-order valence-electron chi connectivity index (χ0n) is 7.82. The lowest BCUT2D eigenvalue weighted by Gasteiger charge is -2.06. The van der Waals surface area contributed by atoms with E-state index in [1.54, 1.807) is 19.3 Å². The molecule has 0 fully saturated rings. The van der Waals surface area contributed by atoms with Gasteiger partial charge in [-0.3, -0.25) is 4.79 Å². The number of benzene rings is 1. The Bertz CT molecular complexity index is 394. The number of methoxy groups -OCH3 is 1. The van der Waals surface area contributed by atoms with Crippen LogP contribution < -0.4 is 9.47 Å². The van der Waals surface area contributed by atoms with Gasteiger partial charge in [0.25, 0.3) is 0 Å². The van der Waals surface area contributed by atoms with Crippen LogP contribution in [0.4, 0.5) is 0 Å². The minimum Gasteiger partial charge on any atom is -0.497 e. The molecule has 14 heavy (non-hydrogen) atoms. The van der Waals surface area contributed by atoms with Crippen LogP contribution in [0.5, 0.6) is 11.5 Å². The summed E-state index contributed by atoms with van der Waals surface area (Å²) >= 11 is 0. The fraction of sp³-hybridized carbons (Fsp3) is 0.182. The molecule has 1 heterocycles. The molecule has 0 bridgehead atoms. The van der Waals surface area contributed by atoms with E-state index in [2.05, 4.69) is 0 Å². The highest BCUT2D eigenvalue weighted by molar-refractivity contribution is 5.96. The Balaban J connectivity index is 2.42. The number of hydrogen-bond acceptors (Lipinski definition) is 3. The van der Waals surface area contributed by atoms with E-state index in [0.29, 0.717) is 5.75 Å². The van der Waals surface area contributed by atoms with E-state index in [1.807, 2.05) is 12.1 Å². The maximum Gasteiger partial charge on any atom is 0.193 e. The van der Waals surface area contributed by atoms with Gasteiger partial charge in [0.05, 0.1) is 7.11 Å². The molecule has 0 radical (unpaired) electrons. The monoisotopic (exact) mass is 190 g/mol. The van der Waals surface area contributed by atoms with Crippen molar-refractivity contribution in [2.45, 2.75) is 0 Å². The van der Waals surface area contributed by atoms with Gasteiger partial charge < -0.3 is 9.47 Å². The second-order valence-electron chi connectivity index (χ2n) is 2.99. The summed E-state index contributed by atoms with van der Waals surface area (Å²) in [6.45, 7) is 0.107. The van der Waals surface area contributed by atoms with Crippen LogP contribution in [0.1, 0.15) is 5.56 Å². The molecule has 0 spiro atoms. The fourth-order valence-corrected chi connectivity index (χ4v) is 1.29. The molecule has 3 nitrogen and oxygen atoms in total. The second kappa shape index (κ2) is 3.54. The van der Waals surface area contributed by atoms with Crippen LogP contribution in [0.2, 0.25) is 0 Å². The molecule has 0 amide bonds. The third kappa shape index (κ3) is 1.62. The maximum atomic E-state index is 11.1. The Kier molecular flexibility index (Phi) is 2.23. The average Bonchev–Trinajstić information content (AvgIpc) is 2.40. The predicted octanol–water partition coefficient (Wildman–Crippen LogP) is 1.67. The van der Waals surface area contributed by atoms with Gasteiger partial charge in [-0.2, -0.15) is 0 Å². The zero-order valence-corrected chi connectivity index (χ0v) is 7.82. The normalized spacial score (nSPS) is 14.2. The van der Waals surface area contributed by atoms with Crippen molar-refractivity contribution in [2.24, 2.45) is 0 Å². The summed E-state index contributed by atoms with van der Waals surface area (Å²) in [6.07, 6.45) is 3.26. The Morgan fingerprint density at radius 2 is 2.21 bits per heavy atom. The summed E-state index contributed by atoms with van der Waals surface area (Å²) in [5.74, 6) is 1.44. The van der Waals surface area contributed by atoms with Gasteiger partial charge in [-0.1, -0.05) is 0 Å². The minimum absolute atomic E-state index is 0.0276. The van der Waals surface area contributed by atoms with Gasteiger partial charge in [0.15, 0.2) is 12.4 Å². The number of fused-ring (bicyclic) bond motifs is 1. The van der Waals surface area contributed by atoms with Gasteiger partial charge in [-0.05, 0) is 30.4 Å². The lowest BCUT2D eigenvalue weighted by molar-refractivity contribution is -0.116. The lowest BCUT2D eigenvalue weighted by Crippen LogP contribution is -2.06. The van der Waals surface area contributed by atoms with Gasteiger partial charge >= 0.3 is 0 Å². The molecule has 0 aromatic heterocycles. The van der Waals surface area contributed by atoms with E-state index >= 15 is 0 Å². The van der Waals surface area contributed by atoms with Crippen LogP contribution in [0, 0.1) is 0 Å². The van der Waals surface area contributed by atoms with E-state index in [0.717, 1.165) is 11.3 Å². The number of carbonyl (C=O) groups is 1. The third-order valence-corrected chi connectivity index (χ3v) is 2.04. The molecule has 1 aromatic rings. The molecule has 0 saturated heterocycles. The Hall–Kier alpha value is -1.77. The van der Waals surface area contributed by atoms with Crippen molar-refractivity contribution in [3.05, 3.63) is 29.8 Å². The highest BCUT2D eigenvalue weighted by atomic mass is 16.5. The lowest BCUT2D eigenvalue weighted by atomic mass is 10.2. The van der Waals surface area contributed by atoms with Crippen molar-refractivity contribution in [3.8, 4) is 11.5 Å². The first-order chi connectivity index (χ1) is 6.79. The topological polar surface area (TPSA) is 35.5 Å². The second-order valence-corrected chi connectivity index (χ2v) is 2.99. The molecule has 0 atom stereocenters. The first-order valence-electron chi connectivity index (χ1n) is 4.31. The van der Waals surface area contributed by atoms with Crippen molar-refractivity contribution in [2.75, 3.05) is 13.7 Å². The largest absolute Gasteiger partial charge is 0.497 e. The quantitative estimate of drug-likeness (QED) is 0.675. The standard InChI is InChI=1S/C11H10O3/c1-13-10-4-5-11-8(6-10)2-3-9(12)7-14-11/h2-6H,7H2,1H3. The van der Waals surface area contributed by atoms with E-state index in [-0.39, 0.29) is 12.4 Å². The summed E-state index contributed by atoms with van der Waals surface area (Å²) in [5.41, 5.74) is 0.871. The number of rotatable bonds is 1. The molecule has 0 N–H and O–H groups in total. The molecular weight excluding hydrogens is 180 g/mol. The first-order valence-corrected chi connectivity index (χ1v) is 4.31. The van der Waals surface area contributed by atoms with Crippen LogP contribution in [-0.4, -0.2) is 19.5 Å². The van der Waals surface area contributed by atoms with Crippen LogP contribution >= 0.6 is 0 Å². The fourth-order valence-electron chi connectivity index (χ4n) is 1.29. The Morgan fingerprint density at radius 1 is 1.36 bits per heavy atom. The van der Waals surface area contributed by atoms with E-state index < -0.39 is 0 Å². The van der Waals surface area contributed by atoms with Crippen molar-refractivity contribution in [3.63, 3.8) is 0 Å². The van der Waals surface area contributed by atoms with E-state index in [9.17, 15) is 4.79 Å². The summed E-state index contributed by atoms with van der Waals surface area (Å²) in [5, 5.41) is 0. The van der Waals surface area contributed by atoms with Crippen LogP contribution in [-0.2, 0) is 4.79 Å². The van der Waals surface area contributed by atoms with Crippen molar-refractivity contribution >= 4 is 11.9 Å². The van der Waals surface area contributed by atoms with Crippen LogP contribution in [0.3, 0.4) is 0 Å². The van der Waals surface area contributed by atoms with Gasteiger partial charge in [0.2, 0.25) is 0 Å². The number of hydrogen-bond donors (Lipinski definition) is 0. The summed E-state index contributed by atoms with van der Waals surface area (Å²) in [6, 6.07) is 5.45. The minimum atomic E-state index is -0.0276. The van der Waals surface area contributed by atoms with Gasteiger partial charge in [-0.15, -0.1) is 0 Å². The average molecular weight is 190 g/mol. The van der Waals surface area contributed by atoms with Crippen molar-refractivity contribution in [1.82, 2.24) is 0 Å². The molecular formula is C11H10O3. The summed E-state index contributed by atoms with van der Waals surface area (Å²) < 4.78 is 10.4. The van der Waals surface area contributed by atoms with E-state index in [4.69, 9.17) is 9.47 Å². The van der Waals surface area contributed by atoms with E-state index in [1.165, 1.54) is 6.08 Å². The predicted molar refractivity (Wildman–Crippen MR) is 52.5 cm³/mol. The molecule has 0 saturated carbocycles. The van der Waals surface area contributed by atoms with Crippen LogP contribution in [0.25, 0.3) is 6.08 Å². The third-order valence-electron chi connectivity index (χ3n) is 2.04. The molecule has 0 unspecified atom stereocenters. The Morgan fingerprint density at radius 3 is 3.00 bits per heavy atom. The number of carbonyl (C=O) groups excluding carboxylic acids is 1. The van der Waals surface area contributed by atoms with Crippen molar-refractivity contribution in [1.29, 1.82) is 0 Å². The first kappa shape index (κ1) is 8.81. The van der Waals surface area contributed by atoms with Gasteiger partial charge in [0, 0.05) is 5.56 Å². The summed E-state index contributed by atoms with van der Waals surface area (Å²) in [7, 11) is 1.61. The highest BCUT2D eigenvalue weighted by Crippen LogP contribution is 2.26.